The number of amides is 1. The van der Waals surface area contributed by atoms with E-state index in [1.165, 1.54) is 23.1 Å². The monoisotopic (exact) mass is 395 g/mol. The number of nitrogens with one attached hydrogen (secondary N) is 1. The van der Waals surface area contributed by atoms with Gasteiger partial charge in [0.05, 0.1) is 5.25 Å². The van der Waals surface area contributed by atoms with Crippen LogP contribution in [0.25, 0.3) is 0 Å². The van der Waals surface area contributed by atoms with Crippen LogP contribution in [0.2, 0.25) is 0 Å². The van der Waals surface area contributed by atoms with Gasteiger partial charge in [0, 0.05) is 17.2 Å². The number of aromatic nitrogens is 2. The van der Waals surface area contributed by atoms with Gasteiger partial charge in [0.1, 0.15) is 0 Å². The Kier molecular flexibility index (Phi) is 7.46. The molecule has 0 saturated heterocycles. The molecule has 2 aromatic rings. The van der Waals surface area contributed by atoms with Gasteiger partial charge in [-0.3, -0.25) is 9.59 Å². The van der Waals surface area contributed by atoms with E-state index in [4.69, 9.17) is 0 Å². The van der Waals surface area contributed by atoms with Crippen molar-refractivity contribution in [2.24, 2.45) is 5.92 Å². The van der Waals surface area contributed by atoms with E-state index in [2.05, 4.69) is 22.4 Å². The maximum Gasteiger partial charge on any atom is 0.226 e. The molecule has 0 spiro atoms. The Bertz CT molecular complexity index is 729. The largest absolute Gasteiger partial charge is 0.326 e. The minimum absolute atomic E-state index is 0.0339. The Hall–Kier alpha value is -1.38. The van der Waals surface area contributed by atoms with E-state index < -0.39 is 0 Å². The fraction of sp³-hybridized carbons (Fsp3) is 0.412. The van der Waals surface area contributed by atoms with Crippen molar-refractivity contribution in [1.29, 1.82) is 0 Å². The highest BCUT2D eigenvalue weighted by molar-refractivity contribution is 8.03. The van der Waals surface area contributed by atoms with Gasteiger partial charge in [0.15, 0.2) is 14.5 Å². The number of Topliss-reactive ketones (excluding diaryl/α,β-unsaturated/α-hetero) is 1. The third-order valence-corrected chi connectivity index (χ3v) is 6.39. The quantitative estimate of drug-likeness (QED) is 0.520. The summed E-state index contributed by atoms with van der Waals surface area (Å²) in [5.74, 6) is 0.861. The fourth-order valence-corrected chi connectivity index (χ4v) is 5.01. The van der Waals surface area contributed by atoms with E-state index in [1.807, 2.05) is 20.8 Å². The highest BCUT2D eigenvalue weighted by Gasteiger charge is 2.19. The molecular formula is C17H21N3O2S3. The predicted molar refractivity (Wildman–Crippen MR) is 106 cm³/mol. The van der Waals surface area contributed by atoms with E-state index in [9.17, 15) is 9.59 Å². The zero-order chi connectivity index (χ0) is 18.4. The Morgan fingerprint density at radius 3 is 2.36 bits per heavy atom. The number of hydrogen-bond acceptors (Lipinski definition) is 7. The number of benzene rings is 1. The Morgan fingerprint density at radius 1 is 1.12 bits per heavy atom. The first-order valence-corrected chi connectivity index (χ1v) is 10.7. The number of rotatable bonds is 8. The summed E-state index contributed by atoms with van der Waals surface area (Å²) >= 11 is 4.59. The van der Waals surface area contributed by atoms with Crippen LogP contribution in [0.15, 0.2) is 32.9 Å². The summed E-state index contributed by atoms with van der Waals surface area (Å²) in [7, 11) is 0. The minimum Gasteiger partial charge on any atom is -0.326 e. The summed E-state index contributed by atoms with van der Waals surface area (Å²) in [6.07, 6.45) is 0. The van der Waals surface area contributed by atoms with Crippen molar-refractivity contribution in [2.45, 2.75) is 41.6 Å². The lowest BCUT2D eigenvalue weighted by atomic mass is 10.1. The van der Waals surface area contributed by atoms with Crippen molar-refractivity contribution >= 4 is 52.2 Å². The van der Waals surface area contributed by atoms with E-state index in [0.717, 1.165) is 14.4 Å². The van der Waals surface area contributed by atoms with Crippen LogP contribution in [-0.2, 0) is 4.79 Å². The molecule has 1 N–H and O–H groups in total. The summed E-state index contributed by atoms with van der Waals surface area (Å²) in [6, 6.07) is 7.00. The van der Waals surface area contributed by atoms with Crippen molar-refractivity contribution in [3.63, 3.8) is 0 Å². The zero-order valence-corrected chi connectivity index (χ0v) is 17.1. The van der Waals surface area contributed by atoms with Crippen molar-refractivity contribution in [1.82, 2.24) is 10.2 Å². The first kappa shape index (κ1) is 19.9. The van der Waals surface area contributed by atoms with Crippen molar-refractivity contribution in [3.05, 3.63) is 29.8 Å². The average Bonchev–Trinajstić information content (AvgIpc) is 3.02. The summed E-state index contributed by atoms with van der Waals surface area (Å²) < 4.78 is 1.73. The molecule has 8 heteroatoms. The SMILES string of the molecule is CCSc1nnc(S[C@@H](C)C(=O)c2ccc(NC(=O)C(C)C)cc2)s1. The van der Waals surface area contributed by atoms with Gasteiger partial charge >= 0.3 is 0 Å². The molecule has 5 nitrogen and oxygen atoms in total. The van der Waals surface area contributed by atoms with Crippen LogP contribution in [0.3, 0.4) is 0 Å². The molecule has 25 heavy (non-hydrogen) atoms. The Balaban J connectivity index is 1.97. The number of carbonyl (C=O) groups is 2. The molecule has 1 amide bonds. The van der Waals surface area contributed by atoms with Gasteiger partial charge in [-0.1, -0.05) is 55.6 Å². The molecular weight excluding hydrogens is 374 g/mol. The summed E-state index contributed by atoms with van der Waals surface area (Å²) in [4.78, 5) is 24.3. The van der Waals surface area contributed by atoms with Crippen LogP contribution in [0.4, 0.5) is 5.69 Å². The van der Waals surface area contributed by atoms with Gasteiger partial charge < -0.3 is 5.32 Å². The van der Waals surface area contributed by atoms with Crippen LogP contribution in [0.1, 0.15) is 38.1 Å². The number of ketones is 1. The maximum atomic E-state index is 12.6. The third kappa shape index (κ3) is 5.83. The van der Waals surface area contributed by atoms with Gasteiger partial charge in [-0.05, 0) is 36.9 Å². The second kappa shape index (κ2) is 9.35. The van der Waals surface area contributed by atoms with Crippen LogP contribution in [-0.4, -0.2) is 32.9 Å². The normalized spacial score (nSPS) is 12.2. The molecule has 1 heterocycles. The smallest absolute Gasteiger partial charge is 0.226 e. The molecule has 1 aromatic carbocycles. The van der Waals surface area contributed by atoms with E-state index >= 15 is 0 Å². The summed E-state index contributed by atoms with van der Waals surface area (Å²) in [6.45, 7) is 7.61. The number of carbonyl (C=O) groups excluding carboxylic acids is 2. The number of hydrogen-bond donors (Lipinski definition) is 1. The molecule has 134 valence electrons. The molecule has 1 atom stereocenters. The Morgan fingerprint density at radius 2 is 1.76 bits per heavy atom. The van der Waals surface area contributed by atoms with Gasteiger partial charge in [-0.15, -0.1) is 10.2 Å². The van der Waals surface area contributed by atoms with Crippen LogP contribution in [0, 0.1) is 5.92 Å². The fourth-order valence-electron chi connectivity index (χ4n) is 1.87. The van der Waals surface area contributed by atoms with Crippen molar-refractivity contribution < 1.29 is 9.59 Å². The lowest BCUT2D eigenvalue weighted by Crippen LogP contribution is -2.18. The Labute approximate surface area is 160 Å². The van der Waals surface area contributed by atoms with Crippen molar-refractivity contribution in [3.8, 4) is 0 Å². The molecule has 0 fully saturated rings. The van der Waals surface area contributed by atoms with Crippen LogP contribution >= 0.6 is 34.9 Å². The molecule has 2 rings (SSSR count). The number of anilines is 1. The second-order valence-corrected chi connectivity index (χ2v) is 9.69. The molecule has 0 radical (unpaired) electrons. The molecule has 0 unspecified atom stereocenters. The molecule has 0 aliphatic carbocycles. The molecule has 0 bridgehead atoms. The minimum atomic E-state index is -0.247. The average molecular weight is 396 g/mol. The first-order chi connectivity index (χ1) is 11.9. The standard InChI is InChI=1S/C17H21N3O2S3/c1-5-23-16-19-20-17(25-16)24-11(4)14(21)12-6-8-13(9-7-12)18-15(22)10(2)3/h6-11H,5H2,1-4H3,(H,18,22)/t11-/m0/s1. The van der Waals surface area contributed by atoms with E-state index in [-0.39, 0.29) is 22.9 Å². The second-order valence-electron chi connectivity index (χ2n) is 5.61. The molecule has 0 aliphatic heterocycles. The third-order valence-electron chi connectivity index (χ3n) is 3.26. The van der Waals surface area contributed by atoms with Crippen LogP contribution in [0.5, 0.6) is 0 Å². The first-order valence-electron chi connectivity index (χ1n) is 7.98. The number of thioether (sulfide) groups is 2. The van der Waals surface area contributed by atoms with E-state index in [1.54, 1.807) is 36.0 Å². The molecule has 1 aromatic heterocycles. The molecule has 0 saturated carbocycles. The van der Waals surface area contributed by atoms with E-state index in [0.29, 0.717) is 11.3 Å². The molecule has 0 aliphatic rings. The summed E-state index contributed by atoms with van der Waals surface area (Å²) in [5.41, 5.74) is 1.32. The van der Waals surface area contributed by atoms with Gasteiger partial charge in [0.25, 0.3) is 0 Å². The summed E-state index contributed by atoms with van der Waals surface area (Å²) in [5, 5.41) is 10.8. The topological polar surface area (TPSA) is 72.0 Å². The highest BCUT2D eigenvalue weighted by atomic mass is 32.2. The lowest BCUT2D eigenvalue weighted by Gasteiger charge is -2.10. The van der Waals surface area contributed by atoms with Gasteiger partial charge in [-0.2, -0.15) is 0 Å². The maximum absolute atomic E-state index is 12.6. The van der Waals surface area contributed by atoms with Crippen LogP contribution < -0.4 is 5.32 Å². The number of nitrogens with zero attached hydrogens (tertiary/aromatic N) is 2. The van der Waals surface area contributed by atoms with Gasteiger partial charge in [0.2, 0.25) is 5.91 Å². The predicted octanol–water partition coefficient (Wildman–Crippen LogP) is 4.61. The van der Waals surface area contributed by atoms with Gasteiger partial charge in [-0.25, -0.2) is 0 Å². The highest BCUT2D eigenvalue weighted by Crippen LogP contribution is 2.32. The lowest BCUT2D eigenvalue weighted by molar-refractivity contribution is -0.118. The zero-order valence-electron chi connectivity index (χ0n) is 14.6. The van der Waals surface area contributed by atoms with Crippen molar-refractivity contribution in [2.75, 3.05) is 11.1 Å².